The lowest BCUT2D eigenvalue weighted by Gasteiger charge is -2.17. The third-order valence-corrected chi connectivity index (χ3v) is 5.39. The number of rotatable bonds is 7. The van der Waals surface area contributed by atoms with E-state index in [1.807, 2.05) is 12.1 Å². The number of carbonyl (C=O) groups is 1. The van der Waals surface area contributed by atoms with Crippen LogP contribution < -0.4 is 16.0 Å². The number of likely N-dealkylation sites (N-methyl/N-ethyl adjacent to an activating group) is 1. The van der Waals surface area contributed by atoms with E-state index in [4.69, 9.17) is 4.42 Å². The number of fused-ring (bicyclic) bond motifs is 2. The Kier molecular flexibility index (Phi) is 5.26. The molecule has 0 fully saturated rings. The van der Waals surface area contributed by atoms with Gasteiger partial charge in [-0.3, -0.25) is 19.5 Å². The van der Waals surface area contributed by atoms with Crippen molar-refractivity contribution in [2.75, 3.05) is 23.3 Å². The van der Waals surface area contributed by atoms with Crippen LogP contribution in [0.4, 0.5) is 17.1 Å². The Morgan fingerprint density at radius 1 is 1.27 bits per heavy atom. The van der Waals surface area contributed by atoms with Crippen LogP contribution in [-0.2, 0) is 17.8 Å². The molecular weight excluding hydrogens is 388 g/mol. The van der Waals surface area contributed by atoms with E-state index < -0.39 is 10.7 Å². The summed E-state index contributed by atoms with van der Waals surface area (Å²) < 4.78 is 6.49. The van der Waals surface area contributed by atoms with Crippen molar-refractivity contribution in [1.29, 1.82) is 0 Å². The molecule has 0 aliphatic carbocycles. The molecule has 9 heteroatoms. The largest absolute Gasteiger partial charge is 0.419 e. The van der Waals surface area contributed by atoms with Crippen molar-refractivity contribution in [3.8, 4) is 0 Å². The zero-order valence-electron chi connectivity index (χ0n) is 16.6. The van der Waals surface area contributed by atoms with Crippen LogP contribution in [0.5, 0.6) is 0 Å². The lowest BCUT2D eigenvalue weighted by molar-refractivity contribution is -0.384. The number of carbonyl (C=O) groups excluding carboxylic acids is 1. The third kappa shape index (κ3) is 3.78. The fourth-order valence-corrected chi connectivity index (χ4v) is 3.85. The first-order valence-corrected chi connectivity index (χ1v) is 9.92. The Labute approximate surface area is 172 Å². The SMILES string of the molecule is CCN1CCc2ccc(NC(=O)CCCn3c(=O)oc4cc([N+](=O)[O-])ccc43)cc21. The zero-order valence-corrected chi connectivity index (χ0v) is 16.6. The first kappa shape index (κ1) is 19.7. The lowest BCUT2D eigenvalue weighted by atomic mass is 10.1. The maximum absolute atomic E-state index is 12.3. The van der Waals surface area contributed by atoms with Crippen LogP contribution in [0.2, 0.25) is 0 Å². The van der Waals surface area contributed by atoms with Crippen molar-refractivity contribution in [1.82, 2.24) is 4.57 Å². The number of nitrogens with one attached hydrogen (secondary N) is 1. The first-order chi connectivity index (χ1) is 14.5. The second-order valence-electron chi connectivity index (χ2n) is 7.25. The third-order valence-electron chi connectivity index (χ3n) is 5.39. The molecule has 1 amide bonds. The summed E-state index contributed by atoms with van der Waals surface area (Å²) in [5.41, 5.74) is 3.72. The molecule has 0 saturated carbocycles. The first-order valence-electron chi connectivity index (χ1n) is 9.92. The molecule has 1 aliphatic rings. The van der Waals surface area contributed by atoms with E-state index in [9.17, 15) is 19.7 Å². The van der Waals surface area contributed by atoms with Gasteiger partial charge in [-0.2, -0.15) is 0 Å². The summed E-state index contributed by atoms with van der Waals surface area (Å²) in [6.45, 7) is 4.33. The summed E-state index contributed by atoms with van der Waals surface area (Å²) in [7, 11) is 0. The van der Waals surface area contributed by atoms with E-state index in [1.165, 1.54) is 34.0 Å². The van der Waals surface area contributed by atoms with Crippen LogP contribution in [-0.4, -0.2) is 28.5 Å². The van der Waals surface area contributed by atoms with Gasteiger partial charge in [0.15, 0.2) is 5.58 Å². The second-order valence-corrected chi connectivity index (χ2v) is 7.25. The molecule has 2 heterocycles. The highest BCUT2D eigenvalue weighted by molar-refractivity contribution is 5.91. The van der Waals surface area contributed by atoms with Crippen molar-refractivity contribution in [3.05, 3.63) is 62.6 Å². The molecule has 1 aromatic heterocycles. The van der Waals surface area contributed by atoms with Crippen LogP contribution in [0.3, 0.4) is 0 Å². The molecule has 9 nitrogen and oxygen atoms in total. The van der Waals surface area contributed by atoms with Gasteiger partial charge in [0.1, 0.15) is 0 Å². The molecule has 0 bridgehead atoms. The Balaban J connectivity index is 1.38. The molecule has 0 unspecified atom stereocenters. The summed E-state index contributed by atoms with van der Waals surface area (Å²) in [5, 5.41) is 13.8. The molecule has 30 heavy (non-hydrogen) atoms. The minimum absolute atomic E-state index is 0.132. The average molecular weight is 410 g/mol. The number of hydrogen-bond acceptors (Lipinski definition) is 6. The predicted octanol–water partition coefficient (Wildman–Crippen LogP) is 3.30. The normalized spacial score (nSPS) is 12.9. The van der Waals surface area contributed by atoms with E-state index in [0.29, 0.717) is 11.9 Å². The molecule has 0 saturated heterocycles. The van der Waals surface area contributed by atoms with Crippen LogP contribution in [0.1, 0.15) is 25.3 Å². The minimum Gasteiger partial charge on any atom is -0.407 e. The highest BCUT2D eigenvalue weighted by atomic mass is 16.6. The average Bonchev–Trinajstić information content (AvgIpc) is 3.27. The van der Waals surface area contributed by atoms with Crippen molar-refractivity contribution in [2.24, 2.45) is 0 Å². The Morgan fingerprint density at radius 2 is 2.10 bits per heavy atom. The van der Waals surface area contributed by atoms with Crippen LogP contribution in [0.25, 0.3) is 11.1 Å². The summed E-state index contributed by atoms with van der Waals surface area (Å²) in [6.07, 6.45) is 1.69. The summed E-state index contributed by atoms with van der Waals surface area (Å²) in [6, 6.07) is 10.0. The molecule has 2 aromatic carbocycles. The van der Waals surface area contributed by atoms with Crippen LogP contribution >= 0.6 is 0 Å². The number of hydrogen-bond donors (Lipinski definition) is 1. The van der Waals surface area contributed by atoms with Crippen molar-refractivity contribution in [2.45, 2.75) is 32.7 Å². The maximum atomic E-state index is 12.3. The van der Waals surface area contributed by atoms with Crippen molar-refractivity contribution in [3.63, 3.8) is 0 Å². The Morgan fingerprint density at radius 3 is 2.87 bits per heavy atom. The molecule has 4 rings (SSSR count). The quantitative estimate of drug-likeness (QED) is 0.473. The van der Waals surface area contributed by atoms with Crippen molar-refractivity contribution < 1.29 is 14.1 Å². The predicted molar refractivity (Wildman–Crippen MR) is 113 cm³/mol. The zero-order chi connectivity index (χ0) is 21.3. The summed E-state index contributed by atoms with van der Waals surface area (Å²) >= 11 is 0. The molecule has 0 atom stereocenters. The molecule has 1 N–H and O–H groups in total. The van der Waals surface area contributed by atoms with Gasteiger partial charge in [0.25, 0.3) is 5.69 Å². The molecule has 1 aliphatic heterocycles. The van der Waals surface area contributed by atoms with Gasteiger partial charge in [-0.05, 0) is 43.5 Å². The summed E-state index contributed by atoms with van der Waals surface area (Å²) in [4.78, 5) is 37.0. The van der Waals surface area contributed by atoms with Gasteiger partial charge in [-0.15, -0.1) is 0 Å². The fraction of sp³-hybridized carbons (Fsp3) is 0.333. The van der Waals surface area contributed by atoms with Crippen LogP contribution in [0.15, 0.2) is 45.6 Å². The van der Waals surface area contributed by atoms with Gasteiger partial charge in [0, 0.05) is 43.5 Å². The van der Waals surface area contributed by atoms with Gasteiger partial charge < -0.3 is 14.6 Å². The van der Waals surface area contributed by atoms with Gasteiger partial charge in [0.2, 0.25) is 5.91 Å². The topological polar surface area (TPSA) is 111 Å². The number of benzene rings is 2. The Bertz CT molecular complexity index is 1180. The monoisotopic (exact) mass is 410 g/mol. The molecular formula is C21H22N4O5. The molecule has 0 spiro atoms. The number of nitro benzene ring substituents is 1. The highest BCUT2D eigenvalue weighted by Gasteiger charge is 2.18. The second kappa shape index (κ2) is 8.02. The minimum atomic E-state index is -0.593. The Hall–Kier alpha value is -3.62. The number of nitrogens with zero attached hydrogens (tertiary/aromatic N) is 3. The van der Waals surface area contributed by atoms with E-state index >= 15 is 0 Å². The van der Waals surface area contributed by atoms with E-state index in [-0.39, 0.29) is 30.1 Å². The van der Waals surface area contributed by atoms with Gasteiger partial charge in [-0.1, -0.05) is 6.07 Å². The fourth-order valence-electron chi connectivity index (χ4n) is 3.85. The van der Waals surface area contributed by atoms with E-state index in [2.05, 4.69) is 23.2 Å². The van der Waals surface area contributed by atoms with Crippen molar-refractivity contribution >= 4 is 34.1 Å². The molecule has 3 aromatic rings. The number of non-ortho nitro benzene ring substituents is 1. The molecule has 0 radical (unpaired) electrons. The lowest BCUT2D eigenvalue weighted by Crippen LogP contribution is -2.19. The highest BCUT2D eigenvalue weighted by Crippen LogP contribution is 2.30. The number of aryl methyl sites for hydroxylation is 1. The standard InChI is InChI=1S/C21H22N4O5/c1-2-23-11-9-14-5-6-15(12-18(14)23)22-20(26)4-3-10-24-17-8-7-16(25(28)29)13-19(17)30-21(24)27/h5-8,12-13H,2-4,9-11H2,1H3,(H,22,26). The number of oxazole rings is 1. The number of amides is 1. The number of aromatic nitrogens is 1. The summed E-state index contributed by atoms with van der Waals surface area (Å²) in [5.74, 6) is -0.725. The number of anilines is 2. The van der Waals surface area contributed by atoms with Gasteiger partial charge in [0.05, 0.1) is 16.5 Å². The number of nitro groups is 1. The van der Waals surface area contributed by atoms with Gasteiger partial charge >= 0.3 is 5.76 Å². The van der Waals surface area contributed by atoms with E-state index in [1.54, 1.807) is 0 Å². The van der Waals surface area contributed by atoms with Crippen LogP contribution in [0, 0.1) is 10.1 Å². The van der Waals surface area contributed by atoms with E-state index in [0.717, 1.165) is 25.2 Å². The maximum Gasteiger partial charge on any atom is 0.419 e. The van der Waals surface area contributed by atoms with Gasteiger partial charge in [-0.25, -0.2) is 4.79 Å². The molecule has 156 valence electrons. The smallest absolute Gasteiger partial charge is 0.407 e.